The molecule has 0 bridgehead atoms. The van der Waals surface area contributed by atoms with Crippen molar-refractivity contribution in [2.75, 3.05) is 26.0 Å². The molecule has 1 nitrogen and oxygen atoms in total. The van der Waals surface area contributed by atoms with Crippen molar-refractivity contribution in [3.05, 3.63) is 47.5 Å². The van der Waals surface area contributed by atoms with Crippen LogP contribution in [0.15, 0.2) is 36.4 Å². The highest BCUT2D eigenvalue weighted by Crippen LogP contribution is 2.24. The molecular weight excluding hydrogens is 366 g/mol. The average Bonchev–Trinajstić information content (AvgIpc) is 2.33. The summed E-state index contributed by atoms with van der Waals surface area (Å²) in [6.45, 7) is 4.44. The third kappa shape index (κ3) is 4.04. The zero-order valence-electron chi connectivity index (χ0n) is 11.8. The van der Waals surface area contributed by atoms with Gasteiger partial charge in [-0.25, -0.2) is 0 Å². The Balaban J connectivity index is 0.00000180. The van der Waals surface area contributed by atoms with Crippen molar-refractivity contribution in [3.8, 4) is 0 Å². The van der Waals surface area contributed by atoms with Crippen molar-refractivity contribution >= 4 is 26.7 Å². The highest BCUT2D eigenvalue weighted by Gasteiger charge is 2.17. The van der Waals surface area contributed by atoms with Gasteiger partial charge < -0.3 is 21.5 Å². The first-order valence-corrected chi connectivity index (χ1v) is 7.51. The lowest BCUT2D eigenvalue weighted by atomic mass is 9.99. The molecule has 2 aromatic rings. The molecule has 0 radical (unpaired) electrons. The first-order chi connectivity index (χ1) is 8.53. The van der Waals surface area contributed by atoms with Crippen molar-refractivity contribution in [2.45, 2.75) is 13.5 Å². The van der Waals surface area contributed by atoms with Crippen LogP contribution in [0.5, 0.6) is 0 Å². The van der Waals surface area contributed by atoms with Crippen LogP contribution in [0.4, 0.5) is 0 Å². The molecular formula is C16H21Br2N. The molecule has 104 valence electrons. The smallest absolute Gasteiger partial charge is 0.105 e. The predicted octanol–water partition coefficient (Wildman–Crippen LogP) is 1.12. The van der Waals surface area contributed by atoms with Crippen molar-refractivity contribution in [3.63, 3.8) is 0 Å². The molecule has 3 heteroatoms. The largest absolute Gasteiger partial charge is 1.00 e. The number of aryl methyl sites for hydroxylation is 1. The SMILES string of the molecule is Cc1ccc2ccccc2c1C[N+](C)(C)CCBr.[Br-]. The lowest BCUT2D eigenvalue weighted by molar-refractivity contribution is -0.900. The number of alkyl halides is 1. The highest BCUT2D eigenvalue weighted by molar-refractivity contribution is 9.09. The van der Waals surface area contributed by atoms with Gasteiger partial charge in [0.25, 0.3) is 0 Å². The fourth-order valence-corrected chi connectivity index (χ4v) is 3.35. The lowest BCUT2D eigenvalue weighted by Crippen LogP contribution is -3.00. The molecule has 0 aromatic heterocycles. The van der Waals surface area contributed by atoms with Crippen molar-refractivity contribution in [2.24, 2.45) is 0 Å². The maximum absolute atomic E-state index is 3.55. The van der Waals surface area contributed by atoms with Crippen LogP contribution in [0.1, 0.15) is 11.1 Å². The normalized spacial score (nSPS) is 11.4. The van der Waals surface area contributed by atoms with Gasteiger partial charge >= 0.3 is 0 Å². The third-order valence-electron chi connectivity index (χ3n) is 3.55. The van der Waals surface area contributed by atoms with E-state index in [0.717, 1.165) is 22.9 Å². The second-order valence-electron chi connectivity index (χ2n) is 5.59. The molecule has 0 amide bonds. The van der Waals surface area contributed by atoms with Gasteiger partial charge in [0.15, 0.2) is 0 Å². The maximum Gasteiger partial charge on any atom is 0.105 e. The summed E-state index contributed by atoms with van der Waals surface area (Å²) in [5, 5.41) is 3.79. The average molecular weight is 387 g/mol. The van der Waals surface area contributed by atoms with Crippen LogP contribution in [0.2, 0.25) is 0 Å². The quantitative estimate of drug-likeness (QED) is 0.545. The van der Waals surface area contributed by atoms with Crippen molar-refractivity contribution in [1.82, 2.24) is 0 Å². The number of fused-ring (bicyclic) bond motifs is 1. The number of benzene rings is 2. The van der Waals surface area contributed by atoms with Gasteiger partial charge in [-0.1, -0.05) is 52.3 Å². The summed E-state index contributed by atoms with van der Waals surface area (Å²) in [7, 11) is 4.59. The molecule has 0 heterocycles. The molecule has 0 aliphatic carbocycles. The number of hydrogen-bond acceptors (Lipinski definition) is 0. The van der Waals surface area contributed by atoms with Crippen LogP contribution in [0.25, 0.3) is 10.8 Å². The van der Waals surface area contributed by atoms with E-state index in [1.54, 1.807) is 0 Å². The molecule has 0 unspecified atom stereocenters. The van der Waals surface area contributed by atoms with Crippen molar-refractivity contribution < 1.29 is 21.5 Å². The van der Waals surface area contributed by atoms with Gasteiger partial charge in [-0.05, 0) is 23.3 Å². The van der Waals surface area contributed by atoms with E-state index < -0.39 is 0 Å². The first-order valence-electron chi connectivity index (χ1n) is 6.39. The zero-order valence-corrected chi connectivity index (χ0v) is 15.0. The molecule has 19 heavy (non-hydrogen) atoms. The summed E-state index contributed by atoms with van der Waals surface area (Å²) >= 11 is 3.55. The molecule has 0 saturated heterocycles. The summed E-state index contributed by atoms with van der Waals surface area (Å²) in [6.07, 6.45) is 0. The van der Waals surface area contributed by atoms with E-state index in [9.17, 15) is 0 Å². The molecule has 0 spiro atoms. The van der Waals surface area contributed by atoms with Crippen LogP contribution in [-0.4, -0.2) is 30.5 Å². The van der Waals surface area contributed by atoms with Gasteiger partial charge in [-0.15, -0.1) is 0 Å². The van der Waals surface area contributed by atoms with E-state index in [0.29, 0.717) is 0 Å². The summed E-state index contributed by atoms with van der Waals surface area (Å²) < 4.78 is 1.01. The van der Waals surface area contributed by atoms with Crippen LogP contribution in [-0.2, 0) is 6.54 Å². The van der Waals surface area contributed by atoms with Gasteiger partial charge in [0.2, 0.25) is 0 Å². The van der Waals surface area contributed by atoms with Gasteiger partial charge in [-0.2, -0.15) is 0 Å². The minimum atomic E-state index is 0. The Bertz CT molecular complexity index is 549. The Labute approximate surface area is 135 Å². The highest BCUT2D eigenvalue weighted by atomic mass is 79.9. The minimum absolute atomic E-state index is 0. The molecule has 0 aliphatic heterocycles. The molecule has 0 N–H and O–H groups in total. The Morgan fingerprint density at radius 3 is 2.42 bits per heavy atom. The molecule has 0 fully saturated rings. The fourth-order valence-electron chi connectivity index (χ4n) is 2.39. The summed E-state index contributed by atoms with van der Waals surface area (Å²) in [5.41, 5.74) is 2.88. The van der Waals surface area contributed by atoms with Gasteiger partial charge in [-0.3, -0.25) is 0 Å². The Morgan fingerprint density at radius 1 is 1.05 bits per heavy atom. The van der Waals surface area contributed by atoms with E-state index in [-0.39, 0.29) is 17.0 Å². The van der Waals surface area contributed by atoms with E-state index >= 15 is 0 Å². The maximum atomic E-state index is 3.55. The molecule has 2 aromatic carbocycles. The topological polar surface area (TPSA) is 0 Å². The molecule has 0 atom stereocenters. The van der Waals surface area contributed by atoms with Gasteiger partial charge in [0, 0.05) is 5.56 Å². The van der Waals surface area contributed by atoms with E-state index in [2.05, 4.69) is 73.3 Å². The van der Waals surface area contributed by atoms with E-state index in [1.165, 1.54) is 21.9 Å². The van der Waals surface area contributed by atoms with Gasteiger partial charge in [0.05, 0.1) is 26.0 Å². The first kappa shape index (κ1) is 16.7. The number of rotatable bonds is 4. The Hall–Kier alpha value is -0.380. The summed E-state index contributed by atoms with van der Waals surface area (Å²) in [5.74, 6) is 0. The second kappa shape index (κ2) is 6.87. The molecule has 0 aliphatic rings. The Morgan fingerprint density at radius 2 is 1.74 bits per heavy atom. The minimum Gasteiger partial charge on any atom is -1.00 e. The number of quaternary nitrogens is 1. The number of nitrogens with zero attached hydrogens (tertiary/aromatic N) is 1. The van der Waals surface area contributed by atoms with Gasteiger partial charge in [0.1, 0.15) is 6.54 Å². The van der Waals surface area contributed by atoms with Crippen LogP contribution in [0, 0.1) is 6.92 Å². The fraction of sp³-hybridized carbons (Fsp3) is 0.375. The van der Waals surface area contributed by atoms with Crippen LogP contribution >= 0.6 is 15.9 Å². The molecule has 0 saturated carbocycles. The van der Waals surface area contributed by atoms with Crippen LogP contribution < -0.4 is 17.0 Å². The predicted molar refractivity (Wildman–Crippen MR) is 83.2 cm³/mol. The van der Waals surface area contributed by atoms with Crippen LogP contribution in [0.3, 0.4) is 0 Å². The number of halogens is 2. The monoisotopic (exact) mass is 385 g/mol. The third-order valence-corrected chi connectivity index (χ3v) is 3.91. The molecule has 2 rings (SSSR count). The standard InChI is InChI=1S/C16H21BrN.BrH/c1-13-8-9-14-6-4-5-7-15(14)16(13)12-18(2,3)11-10-17;/h4-9H,10-12H2,1-3H3;1H/q+1;/p-1. The summed E-state index contributed by atoms with van der Waals surface area (Å²) in [6, 6.07) is 13.1. The number of hydrogen-bond donors (Lipinski definition) is 0. The second-order valence-corrected chi connectivity index (χ2v) is 6.38. The zero-order chi connectivity index (χ0) is 13.2. The van der Waals surface area contributed by atoms with Crippen molar-refractivity contribution in [1.29, 1.82) is 0 Å². The lowest BCUT2D eigenvalue weighted by Gasteiger charge is -2.30. The van der Waals surface area contributed by atoms with E-state index in [1.807, 2.05) is 0 Å². The summed E-state index contributed by atoms with van der Waals surface area (Å²) in [4.78, 5) is 0. The Kier molecular flexibility index (Phi) is 6.03. The van der Waals surface area contributed by atoms with E-state index in [4.69, 9.17) is 0 Å².